The second-order valence-corrected chi connectivity index (χ2v) is 9.51. The van der Waals surface area contributed by atoms with Crippen LogP contribution in [0.25, 0.3) is 0 Å². The molecule has 0 aliphatic heterocycles. The standard InChI is InChI=1S/C30H38N2O2/c1-22-8-12-24(13-9-22)20-27(21-34-19-18-33-3)31-28-6-4-5-7-29(28)32-30(26-16-17-26)25-14-10-23(2)11-15-25/h4-15,26-27,30-32H,16-21H2,1-3H3/t27-,30?/m0/s1. The predicted molar refractivity (Wildman–Crippen MR) is 142 cm³/mol. The van der Waals surface area contributed by atoms with Crippen LogP contribution in [0.4, 0.5) is 11.4 Å². The number of rotatable bonds is 13. The van der Waals surface area contributed by atoms with Crippen LogP contribution in [0.2, 0.25) is 0 Å². The first-order chi connectivity index (χ1) is 16.6. The van der Waals surface area contributed by atoms with E-state index in [9.17, 15) is 0 Å². The Bertz CT molecular complexity index is 1010. The SMILES string of the molecule is COCCOC[C@H](Cc1ccc(C)cc1)Nc1ccccc1NC(c1ccc(C)cc1)C1CC1. The van der Waals surface area contributed by atoms with Crippen molar-refractivity contribution in [1.29, 1.82) is 0 Å². The summed E-state index contributed by atoms with van der Waals surface area (Å²) in [6.07, 6.45) is 3.46. The summed E-state index contributed by atoms with van der Waals surface area (Å²) in [7, 11) is 1.71. The minimum absolute atomic E-state index is 0.154. The van der Waals surface area contributed by atoms with E-state index in [0.29, 0.717) is 31.8 Å². The number of aryl methyl sites for hydroxylation is 2. The Morgan fingerprint density at radius 1 is 0.794 bits per heavy atom. The van der Waals surface area contributed by atoms with Crippen LogP contribution in [0, 0.1) is 19.8 Å². The summed E-state index contributed by atoms with van der Waals surface area (Å²) in [4.78, 5) is 0. The van der Waals surface area contributed by atoms with Crippen LogP contribution in [-0.2, 0) is 15.9 Å². The first kappa shape index (κ1) is 24.3. The highest BCUT2D eigenvalue weighted by Crippen LogP contribution is 2.43. The summed E-state index contributed by atoms with van der Waals surface area (Å²) in [6.45, 7) is 6.09. The zero-order valence-electron chi connectivity index (χ0n) is 20.7. The highest BCUT2D eigenvalue weighted by Gasteiger charge is 2.32. The van der Waals surface area contributed by atoms with Gasteiger partial charge in [0, 0.05) is 7.11 Å². The zero-order chi connectivity index (χ0) is 23.8. The Morgan fingerprint density at radius 3 is 2.03 bits per heavy atom. The molecule has 0 aromatic heterocycles. The van der Waals surface area contributed by atoms with E-state index in [-0.39, 0.29) is 6.04 Å². The van der Waals surface area contributed by atoms with Gasteiger partial charge in [-0.3, -0.25) is 0 Å². The van der Waals surface area contributed by atoms with Gasteiger partial charge in [-0.25, -0.2) is 0 Å². The molecule has 34 heavy (non-hydrogen) atoms. The van der Waals surface area contributed by atoms with Crippen LogP contribution in [0.3, 0.4) is 0 Å². The molecule has 3 aromatic carbocycles. The summed E-state index contributed by atoms with van der Waals surface area (Å²) >= 11 is 0. The van der Waals surface area contributed by atoms with Crippen LogP contribution in [0.5, 0.6) is 0 Å². The first-order valence-corrected chi connectivity index (χ1v) is 12.4. The maximum atomic E-state index is 5.95. The molecule has 1 fully saturated rings. The number of hydrogen-bond acceptors (Lipinski definition) is 4. The average molecular weight is 459 g/mol. The fraction of sp³-hybridized carbons (Fsp3) is 0.400. The highest BCUT2D eigenvalue weighted by molar-refractivity contribution is 5.69. The molecule has 1 aliphatic carbocycles. The number of nitrogens with one attached hydrogen (secondary N) is 2. The lowest BCUT2D eigenvalue weighted by molar-refractivity contribution is 0.0659. The van der Waals surface area contributed by atoms with Gasteiger partial charge in [0.25, 0.3) is 0 Å². The molecular formula is C30H38N2O2. The molecule has 1 aliphatic rings. The van der Waals surface area contributed by atoms with Gasteiger partial charge in [0.15, 0.2) is 0 Å². The largest absolute Gasteiger partial charge is 0.382 e. The number of benzene rings is 3. The van der Waals surface area contributed by atoms with Crippen molar-refractivity contribution < 1.29 is 9.47 Å². The lowest BCUT2D eigenvalue weighted by Gasteiger charge is -2.26. The summed E-state index contributed by atoms with van der Waals surface area (Å²) in [6, 6.07) is 26.8. The van der Waals surface area contributed by atoms with Gasteiger partial charge >= 0.3 is 0 Å². The maximum absolute atomic E-state index is 5.95. The zero-order valence-corrected chi connectivity index (χ0v) is 20.7. The van der Waals surface area contributed by atoms with Gasteiger partial charge in [-0.1, -0.05) is 71.8 Å². The number of para-hydroxylation sites is 2. The molecule has 0 saturated heterocycles. The van der Waals surface area contributed by atoms with E-state index in [1.807, 2.05) is 0 Å². The minimum atomic E-state index is 0.154. The van der Waals surface area contributed by atoms with E-state index in [1.54, 1.807) is 7.11 Å². The van der Waals surface area contributed by atoms with Crippen molar-refractivity contribution in [3.05, 3.63) is 95.1 Å². The molecule has 0 radical (unpaired) electrons. The number of methoxy groups -OCH3 is 1. The van der Waals surface area contributed by atoms with Crippen LogP contribution in [-0.4, -0.2) is 33.0 Å². The van der Waals surface area contributed by atoms with Crippen molar-refractivity contribution in [3.8, 4) is 0 Å². The minimum Gasteiger partial charge on any atom is -0.382 e. The molecular weight excluding hydrogens is 420 g/mol. The number of ether oxygens (including phenoxy) is 2. The lowest BCUT2D eigenvalue weighted by atomic mass is 10.0. The third-order valence-corrected chi connectivity index (χ3v) is 6.48. The van der Waals surface area contributed by atoms with E-state index in [2.05, 4.69) is 97.3 Å². The molecule has 4 nitrogen and oxygen atoms in total. The van der Waals surface area contributed by atoms with Gasteiger partial charge in [-0.05, 0) is 62.3 Å². The van der Waals surface area contributed by atoms with Crippen molar-refractivity contribution in [2.24, 2.45) is 5.92 Å². The fourth-order valence-electron chi connectivity index (χ4n) is 4.33. The van der Waals surface area contributed by atoms with E-state index >= 15 is 0 Å². The Labute approximate surface area is 204 Å². The molecule has 180 valence electrons. The van der Waals surface area contributed by atoms with Crippen molar-refractivity contribution in [2.75, 3.05) is 37.6 Å². The molecule has 1 unspecified atom stereocenters. The van der Waals surface area contributed by atoms with Crippen molar-refractivity contribution in [1.82, 2.24) is 0 Å². The summed E-state index contributed by atoms with van der Waals surface area (Å²) in [5, 5.41) is 7.66. The van der Waals surface area contributed by atoms with Crippen molar-refractivity contribution >= 4 is 11.4 Å². The van der Waals surface area contributed by atoms with E-state index < -0.39 is 0 Å². The molecule has 1 saturated carbocycles. The van der Waals surface area contributed by atoms with Gasteiger partial charge in [0.05, 0.1) is 43.3 Å². The molecule has 4 heteroatoms. The van der Waals surface area contributed by atoms with Crippen molar-refractivity contribution in [2.45, 2.75) is 45.2 Å². The van der Waals surface area contributed by atoms with Crippen LogP contribution in [0.15, 0.2) is 72.8 Å². The first-order valence-electron chi connectivity index (χ1n) is 12.4. The third kappa shape index (κ3) is 7.09. The van der Waals surface area contributed by atoms with Gasteiger partial charge < -0.3 is 20.1 Å². The smallest absolute Gasteiger partial charge is 0.0701 e. The van der Waals surface area contributed by atoms with Crippen LogP contribution < -0.4 is 10.6 Å². The van der Waals surface area contributed by atoms with E-state index in [0.717, 1.165) is 17.8 Å². The lowest BCUT2D eigenvalue weighted by Crippen LogP contribution is -2.29. The molecule has 0 bridgehead atoms. The highest BCUT2D eigenvalue weighted by atomic mass is 16.5. The molecule has 4 rings (SSSR count). The summed E-state index contributed by atoms with van der Waals surface area (Å²) in [5.74, 6) is 0.691. The van der Waals surface area contributed by atoms with Gasteiger partial charge in [0.1, 0.15) is 0 Å². The Balaban J connectivity index is 1.50. The molecule has 2 N–H and O–H groups in total. The summed E-state index contributed by atoms with van der Waals surface area (Å²) < 4.78 is 11.1. The summed E-state index contributed by atoms with van der Waals surface area (Å²) in [5.41, 5.74) is 7.51. The molecule has 0 amide bonds. The van der Waals surface area contributed by atoms with E-state index in [4.69, 9.17) is 9.47 Å². The second kappa shape index (κ2) is 12.0. The fourth-order valence-corrected chi connectivity index (χ4v) is 4.33. The van der Waals surface area contributed by atoms with E-state index in [1.165, 1.54) is 35.1 Å². The van der Waals surface area contributed by atoms with Crippen LogP contribution >= 0.6 is 0 Å². The van der Waals surface area contributed by atoms with Gasteiger partial charge in [-0.15, -0.1) is 0 Å². The third-order valence-electron chi connectivity index (χ3n) is 6.48. The molecule has 0 spiro atoms. The average Bonchev–Trinajstić information content (AvgIpc) is 3.69. The predicted octanol–water partition coefficient (Wildman–Crippen LogP) is 6.55. The topological polar surface area (TPSA) is 42.5 Å². The number of anilines is 2. The Hall–Kier alpha value is -2.82. The molecule has 3 aromatic rings. The Kier molecular flexibility index (Phi) is 8.62. The van der Waals surface area contributed by atoms with Crippen LogP contribution in [0.1, 0.15) is 41.1 Å². The van der Waals surface area contributed by atoms with Gasteiger partial charge in [0.2, 0.25) is 0 Å². The van der Waals surface area contributed by atoms with Crippen molar-refractivity contribution in [3.63, 3.8) is 0 Å². The maximum Gasteiger partial charge on any atom is 0.0701 e. The second-order valence-electron chi connectivity index (χ2n) is 9.51. The number of hydrogen-bond donors (Lipinski definition) is 2. The monoisotopic (exact) mass is 458 g/mol. The molecule has 0 heterocycles. The Morgan fingerprint density at radius 2 is 1.41 bits per heavy atom. The quantitative estimate of drug-likeness (QED) is 0.285. The normalized spacial score (nSPS) is 15.0. The molecule has 2 atom stereocenters. The van der Waals surface area contributed by atoms with Gasteiger partial charge in [-0.2, -0.15) is 0 Å².